The van der Waals surface area contributed by atoms with Gasteiger partial charge < -0.3 is 9.73 Å². The van der Waals surface area contributed by atoms with E-state index in [0.717, 1.165) is 61.3 Å². The van der Waals surface area contributed by atoms with Crippen LogP contribution >= 0.6 is 0 Å². The van der Waals surface area contributed by atoms with Crippen molar-refractivity contribution in [3.05, 3.63) is 76.2 Å². The standard InChI is InChI=1S/C25H21F3N2O4S/c1-14-18-4-2-3-5-22(18)34-23(14)13-20-19-12-17(10-11-21(19)29-24(20)31)35(32,33)30-16-8-6-15(7-9-16)25(26,27)28/h6-13,30H,2-5H2,1H3,(H,29,31). The molecule has 0 unspecified atom stereocenters. The minimum atomic E-state index is -4.52. The number of nitrogens with one attached hydrogen (secondary N) is 2. The second-order valence-corrected chi connectivity index (χ2v) is 10.3. The first-order valence-electron chi connectivity index (χ1n) is 11.0. The van der Waals surface area contributed by atoms with Crippen molar-refractivity contribution in [1.82, 2.24) is 0 Å². The lowest BCUT2D eigenvalue weighted by atomic mass is 9.95. The maximum atomic E-state index is 12.9. The van der Waals surface area contributed by atoms with Gasteiger partial charge in [-0.05, 0) is 85.9 Å². The van der Waals surface area contributed by atoms with Crippen molar-refractivity contribution in [2.75, 3.05) is 10.0 Å². The number of anilines is 2. The van der Waals surface area contributed by atoms with Gasteiger partial charge in [-0.1, -0.05) is 0 Å². The van der Waals surface area contributed by atoms with E-state index in [9.17, 15) is 26.4 Å². The van der Waals surface area contributed by atoms with Gasteiger partial charge in [0.15, 0.2) is 0 Å². The number of aryl methyl sites for hydroxylation is 1. The first kappa shape index (κ1) is 23.2. The molecule has 0 radical (unpaired) electrons. The number of fused-ring (bicyclic) bond motifs is 2. The summed E-state index contributed by atoms with van der Waals surface area (Å²) in [6.45, 7) is 1.95. The van der Waals surface area contributed by atoms with Crippen LogP contribution in [0.25, 0.3) is 11.6 Å². The van der Waals surface area contributed by atoms with E-state index in [0.29, 0.717) is 17.0 Å². The van der Waals surface area contributed by atoms with Crippen LogP contribution in [0.5, 0.6) is 0 Å². The smallest absolute Gasteiger partial charge is 0.416 e. The van der Waals surface area contributed by atoms with Crippen LogP contribution in [0.3, 0.4) is 0 Å². The van der Waals surface area contributed by atoms with E-state index in [4.69, 9.17) is 4.42 Å². The Kier molecular flexibility index (Phi) is 5.51. The van der Waals surface area contributed by atoms with Crippen molar-refractivity contribution in [3.63, 3.8) is 0 Å². The van der Waals surface area contributed by atoms with Gasteiger partial charge in [-0.15, -0.1) is 0 Å². The van der Waals surface area contributed by atoms with Crippen LogP contribution in [-0.4, -0.2) is 14.3 Å². The lowest BCUT2D eigenvalue weighted by Gasteiger charge is -2.11. The third-order valence-electron chi connectivity index (χ3n) is 6.30. The molecular weight excluding hydrogens is 481 g/mol. The molecule has 2 heterocycles. The molecule has 0 fully saturated rings. The van der Waals surface area contributed by atoms with Gasteiger partial charge in [0.25, 0.3) is 15.9 Å². The number of amides is 1. The summed E-state index contributed by atoms with van der Waals surface area (Å²) in [4.78, 5) is 12.5. The minimum absolute atomic E-state index is 0.0137. The largest absolute Gasteiger partial charge is 0.461 e. The number of alkyl halides is 3. The maximum Gasteiger partial charge on any atom is 0.416 e. The summed E-state index contributed by atoms with van der Waals surface area (Å²) in [6, 6.07) is 7.87. The fraction of sp³-hybridized carbons (Fsp3) is 0.240. The number of halogens is 3. The first-order chi connectivity index (χ1) is 16.5. The van der Waals surface area contributed by atoms with Gasteiger partial charge in [0, 0.05) is 23.4 Å². The second-order valence-electron chi connectivity index (χ2n) is 8.60. The van der Waals surface area contributed by atoms with Crippen LogP contribution in [0.2, 0.25) is 0 Å². The number of carbonyl (C=O) groups excluding carboxylic acids is 1. The Balaban J connectivity index is 1.47. The molecule has 0 spiro atoms. The quantitative estimate of drug-likeness (QED) is 0.443. The number of benzene rings is 2. The Morgan fingerprint density at radius 3 is 2.46 bits per heavy atom. The molecule has 0 saturated carbocycles. The van der Waals surface area contributed by atoms with E-state index < -0.39 is 21.8 Å². The fourth-order valence-electron chi connectivity index (χ4n) is 4.43. The van der Waals surface area contributed by atoms with Crippen LogP contribution in [0.1, 0.15) is 46.6 Å². The van der Waals surface area contributed by atoms with E-state index in [1.807, 2.05) is 6.92 Å². The molecule has 10 heteroatoms. The molecular formula is C25H21F3N2O4S. The fourth-order valence-corrected chi connectivity index (χ4v) is 5.52. The van der Waals surface area contributed by atoms with Gasteiger partial charge in [0.2, 0.25) is 0 Å². The van der Waals surface area contributed by atoms with E-state index in [1.165, 1.54) is 23.8 Å². The molecule has 1 amide bonds. The number of sulfonamides is 1. The second kappa shape index (κ2) is 8.30. The summed E-state index contributed by atoms with van der Waals surface area (Å²) in [5, 5.41) is 2.73. The van der Waals surface area contributed by atoms with Crippen LogP contribution in [0.4, 0.5) is 24.5 Å². The first-order valence-corrected chi connectivity index (χ1v) is 12.5. The maximum absolute atomic E-state index is 12.9. The van der Waals surface area contributed by atoms with E-state index in [-0.39, 0.29) is 22.1 Å². The van der Waals surface area contributed by atoms with Crippen molar-refractivity contribution in [2.24, 2.45) is 0 Å². The topological polar surface area (TPSA) is 88.4 Å². The van der Waals surface area contributed by atoms with Crippen LogP contribution in [0, 0.1) is 6.92 Å². The zero-order valence-corrected chi connectivity index (χ0v) is 19.4. The highest BCUT2D eigenvalue weighted by atomic mass is 32.2. The summed E-state index contributed by atoms with van der Waals surface area (Å²) < 4.78 is 72.5. The number of hydrogen-bond acceptors (Lipinski definition) is 4. The van der Waals surface area contributed by atoms with Gasteiger partial charge in [-0.2, -0.15) is 13.2 Å². The molecule has 1 aromatic heterocycles. The molecule has 1 aliphatic carbocycles. The average molecular weight is 503 g/mol. The zero-order chi connectivity index (χ0) is 25.0. The van der Waals surface area contributed by atoms with Crippen molar-refractivity contribution in [3.8, 4) is 0 Å². The Morgan fingerprint density at radius 1 is 1.06 bits per heavy atom. The van der Waals surface area contributed by atoms with Gasteiger partial charge in [-0.25, -0.2) is 8.42 Å². The zero-order valence-electron chi connectivity index (χ0n) is 18.6. The predicted molar refractivity (Wildman–Crippen MR) is 125 cm³/mol. The molecule has 5 rings (SSSR count). The van der Waals surface area contributed by atoms with E-state index in [2.05, 4.69) is 10.0 Å². The van der Waals surface area contributed by atoms with Gasteiger partial charge in [0.1, 0.15) is 11.5 Å². The third kappa shape index (κ3) is 4.34. The molecule has 35 heavy (non-hydrogen) atoms. The molecule has 182 valence electrons. The molecule has 3 aromatic rings. The number of hydrogen-bond donors (Lipinski definition) is 2. The van der Waals surface area contributed by atoms with Gasteiger partial charge >= 0.3 is 6.18 Å². The van der Waals surface area contributed by atoms with E-state index >= 15 is 0 Å². The molecule has 1 aliphatic heterocycles. The third-order valence-corrected chi connectivity index (χ3v) is 7.68. The van der Waals surface area contributed by atoms with Crippen molar-refractivity contribution < 1.29 is 30.8 Å². The summed E-state index contributed by atoms with van der Waals surface area (Å²) in [7, 11) is -4.13. The van der Waals surface area contributed by atoms with Crippen LogP contribution in [-0.2, 0) is 33.8 Å². The Morgan fingerprint density at radius 2 is 1.77 bits per heavy atom. The monoisotopic (exact) mass is 502 g/mol. The number of carbonyl (C=O) groups is 1. The van der Waals surface area contributed by atoms with Crippen LogP contribution < -0.4 is 10.0 Å². The summed E-state index contributed by atoms with van der Waals surface area (Å²) in [5.74, 6) is 1.13. The minimum Gasteiger partial charge on any atom is -0.461 e. The van der Waals surface area contributed by atoms with Crippen molar-refractivity contribution >= 4 is 39.0 Å². The summed E-state index contributed by atoms with van der Waals surface area (Å²) >= 11 is 0. The highest BCUT2D eigenvalue weighted by Gasteiger charge is 2.31. The van der Waals surface area contributed by atoms with Crippen molar-refractivity contribution in [1.29, 1.82) is 0 Å². The Labute approximate surface area is 199 Å². The number of rotatable bonds is 4. The SMILES string of the molecule is Cc1c(C=C2C(=O)Nc3ccc(S(=O)(=O)Nc4ccc(C(F)(F)F)cc4)cc32)oc2c1CCCC2. The van der Waals surface area contributed by atoms with E-state index in [1.54, 1.807) is 6.08 Å². The lowest BCUT2D eigenvalue weighted by molar-refractivity contribution is -0.137. The molecule has 2 N–H and O–H groups in total. The molecule has 0 saturated heterocycles. The van der Waals surface area contributed by atoms with Crippen LogP contribution in [0.15, 0.2) is 51.8 Å². The van der Waals surface area contributed by atoms with Gasteiger partial charge in [0.05, 0.1) is 16.0 Å². The highest BCUT2D eigenvalue weighted by molar-refractivity contribution is 7.92. The Hall–Kier alpha value is -3.53. The number of furan rings is 1. The normalized spacial score (nSPS) is 16.7. The predicted octanol–water partition coefficient (Wildman–Crippen LogP) is 5.78. The molecule has 0 bridgehead atoms. The highest BCUT2D eigenvalue weighted by Crippen LogP contribution is 2.38. The average Bonchev–Trinajstić information content (AvgIpc) is 3.29. The summed E-state index contributed by atoms with van der Waals surface area (Å²) in [5.41, 5.74) is 2.39. The molecule has 6 nitrogen and oxygen atoms in total. The molecule has 2 aromatic carbocycles. The lowest BCUT2D eigenvalue weighted by Crippen LogP contribution is -2.13. The molecule has 2 aliphatic rings. The van der Waals surface area contributed by atoms with Crippen molar-refractivity contribution in [2.45, 2.75) is 43.7 Å². The summed E-state index contributed by atoms with van der Waals surface area (Å²) in [6.07, 6.45) is 1.01. The Bertz CT molecular complexity index is 1470. The van der Waals surface area contributed by atoms with Gasteiger partial charge in [-0.3, -0.25) is 9.52 Å². The molecule has 0 atom stereocenters.